The topological polar surface area (TPSA) is 50.4 Å². The van der Waals surface area contributed by atoms with Gasteiger partial charge in [-0.1, -0.05) is 12.1 Å². The number of halogens is 4. The predicted octanol–water partition coefficient (Wildman–Crippen LogP) is 2.42. The van der Waals surface area contributed by atoms with Crippen LogP contribution < -0.4 is 15.4 Å². The van der Waals surface area contributed by atoms with Crippen LogP contribution in [0.3, 0.4) is 0 Å². The summed E-state index contributed by atoms with van der Waals surface area (Å²) in [5.74, 6) is -0.269. The van der Waals surface area contributed by atoms with E-state index in [1.807, 2.05) is 0 Å². The minimum absolute atomic E-state index is 0. The number of hydrogen-bond acceptors (Lipinski definition) is 3. The van der Waals surface area contributed by atoms with E-state index < -0.39 is 6.36 Å². The van der Waals surface area contributed by atoms with Crippen molar-refractivity contribution in [1.82, 2.24) is 10.6 Å². The van der Waals surface area contributed by atoms with Crippen molar-refractivity contribution in [3.63, 3.8) is 0 Å². The maximum absolute atomic E-state index is 12.0. The van der Waals surface area contributed by atoms with E-state index in [9.17, 15) is 18.0 Å². The molecule has 1 unspecified atom stereocenters. The molecule has 1 heterocycles. The third-order valence-electron chi connectivity index (χ3n) is 3.25. The second-order valence-electron chi connectivity index (χ2n) is 4.88. The van der Waals surface area contributed by atoms with E-state index in [1.165, 1.54) is 12.1 Å². The van der Waals surface area contributed by atoms with Gasteiger partial charge in [-0.05, 0) is 43.5 Å². The van der Waals surface area contributed by atoms with Crippen molar-refractivity contribution in [3.8, 4) is 5.75 Å². The van der Waals surface area contributed by atoms with E-state index in [4.69, 9.17) is 0 Å². The molecule has 0 spiro atoms. The largest absolute Gasteiger partial charge is 0.573 e. The van der Waals surface area contributed by atoms with Crippen molar-refractivity contribution < 1.29 is 22.7 Å². The normalized spacial score (nSPS) is 17.7. The molecule has 0 bridgehead atoms. The van der Waals surface area contributed by atoms with Gasteiger partial charge in [0.25, 0.3) is 0 Å². The molecule has 1 amide bonds. The molecule has 1 aromatic carbocycles. The smallest absolute Gasteiger partial charge is 0.406 e. The highest BCUT2D eigenvalue weighted by Crippen LogP contribution is 2.22. The number of amides is 1. The first-order valence-corrected chi connectivity index (χ1v) is 6.80. The fourth-order valence-corrected chi connectivity index (χ4v) is 2.22. The summed E-state index contributed by atoms with van der Waals surface area (Å²) in [6.45, 7) is 1.31. The van der Waals surface area contributed by atoms with Gasteiger partial charge in [0.2, 0.25) is 5.91 Å². The third-order valence-corrected chi connectivity index (χ3v) is 3.25. The van der Waals surface area contributed by atoms with Crippen LogP contribution in [0.2, 0.25) is 0 Å². The molecule has 0 saturated carbocycles. The van der Waals surface area contributed by atoms with Crippen LogP contribution >= 0.6 is 12.4 Å². The molecule has 1 aliphatic rings. The molecule has 1 atom stereocenters. The maximum Gasteiger partial charge on any atom is 0.573 e. The SMILES string of the molecule is Cl.O=C(NCCc1ccc(OC(F)(F)F)cc1)C1CCCN1. The van der Waals surface area contributed by atoms with Crippen molar-refractivity contribution >= 4 is 18.3 Å². The fraction of sp³-hybridized carbons (Fsp3) is 0.500. The van der Waals surface area contributed by atoms with Crippen LogP contribution in [0, 0.1) is 0 Å². The Morgan fingerprint density at radius 3 is 2.55 bits per heavy atom. The Hall–Kier alpha value is -1.47. The van der Waals surface area contributed by atoms with E-state index in [2.05, 4.69) is 15.4 Å². The molecular formula is C14H18ClF3N2O2. The summed E-state index contributed by atoms with van der Waals surface area (Å²) in [5, 5.41) is 5.91. The molecular weight excluding hydrogens is 321 g/mol. The summed E-state index contributed by atoms with van der Waals surface area (Å²) >= 11 is 0. The van der Waals surface area contributed by atoms with Gasteiger partial charge in [-0.2, -0.15) is 0 Å². The zero-order valence-corrected chi connectivity index (χ0v) is 12.6. The maximum atomic E-state index is 12.0. The number of carbonyl (C=O) groups is 1. The average Bonchev–Trinajstić information content (AvgIpc) is 2.93. The molecule has 0 aliphatic carbocycles. The number of hydrogen-bond donors (Lipinski definition) is 2. The summed E-state index contributed by atoms with van der Waals surface area (Å²) in [4.78, 5) is 11.7. The van der Waals surface area contributed by atoms with Crippen LogP contribution in [0.15, 0.2) is 24.3 Å². The molecule has 2 N–H and O–H groups in total. The molecule has 0 radical (unpaired) electrons. The quantitative estimate of drug-likeness (QED) is 0.867. The lowest BCUT2D eigenvalue weighted by molar-refractivity contribution is -0.274. The second-order valence-corrected chi connectivity index (χ2v) is 4.88. The van der Waals surface area contributed by atoms with Crippen LogP contribution in [0.4, 0.5) is 13.2 Å². The summed E-state index contributed by atoms with van der Waals surface area (Å²) in [6.07, 6.45) is -2.28. The van der Waals surface area contributed by atoms with Crippen LogP contribution in [-0.4, -0.2) is 31.4 Å². The monoisotopic (exact) mass is 338 g/mol. The first-order chi connectivity index (χ1) is 9.94. The molecule has 1 aromatic rings. The second kappa shape index (κ2) is 8.24. The van der Waals surface area contributed by atoms with E-state index in [-0.39, 0.29) is 30.1 Å². The van der Waals surface area contributed by atoms with Gasteiger partial charge in [0, 0.05) is 6.54 Å². The first-order valence-electron chi connectivity index (χ1n) is 6.80. The molecule has 124 valence electrons. The van der Waals surface area contributed by atoms with Gasteiger partial charge in [-0.25, -0.2) is 0 Å². The molecule has 1 fully saturated rings. The van der Waals surface area contributed by atoms with E-state index >= 15 is 0 Å². The van der Waals surface area contributed by atoms with Gasteiger partial charge < -0.3 is 15.4 Å². The highest BCUT2D eigenvalue weighted by atomic mass is 35.5. The predicted molar refractivity (Wildman–Crippen MR) is 78.1 cm³/mol. The van der Waals surface area contributed by atoms with Crippen molar-refractivity contribution in [1.29, 1.82) is 0 Å². The van der Waals surface area contributed by atoms with Gasteiger partial charge in [-0.15, -0.1) is 25.6 Å². The number of rotatable bonds is 5. The Morgan fingerprint density at radius 2 is 2.00 bits per heavy atom. The standard InChI is InChI=1S/C14H17F3N2O2.ClH/c15-14(16,17)21-11-5-3-10(4-6-11)7-9-19-13(20)12-2-1-8-18-12;/h3-6,12,18H,1-2,7-9H2,(H,19,20);1H. The summed E-state index contributed by atoms with van der Waals surface area (Å²) < 4.78 is 39.8. The Bertz CT molecular complexity index is 474. The number of benzene rings is 1. The number of carbonyl (C=O) groups excluding carboxylic acids is 1. The van der Waals surface area contributed by atoms with Gasteiger partial charge >= 0.3 is 6.36 Å². The minimum atomic E-state index is -4.68. The molecule has 8 heteroatoms. The molecule has 1 saturated heterocycles. The van der Waals surface area contributed by atoms with Crippen LogP contribution in [0.5, 0.6) is 5.75 Å². The lowest BCUT2D eigenvalue weighted by Gasteiger charge is -2.11. The Morgan fingerprint density at radius 1 is 1.32 bits per heavy atom. The van der Waals surface area contributed by atoms with Gasteiger partial charge in [0.05, 0.1) is 6.04 Å². The Balaban J connectivity index is 0.00000242. The van der Waals surface area contributed by atoms with Gasteiger partial charge in [0.1, 0.15) is 5.75 Å². The van der Waals surface area contributed by atoms with Crippen molar-refractivity contribution in [2.45, 2.75) is 31.7 Å². The molecule has 0 aromatic heterocycles. The highest BCUT2D eigenvalue weighted by molar-refractivity contribution is 5.85. The van der Waals surface area contributed by atoms with Crippen LogP contribution in [0.1, 0.15) is 18.4 Å². The zero-order valence-electron chi connectivity index (χ0n) is 11.8. The van der Waals surface area contributed by atoms with E-state index in [1.54, 1.807) is 12.1 Å². The number of alkyl halides is 3. The fourth-order valence-electron chi connectivity index (χ4n) is 2.22. The molecule has 1 aliphatic heterocycles. The molecule has 4 nitrogen and oxygen atoms in total. The third kappa shape index (κ3) is 6.11. The van der Waals surface area contributed by atoms with Crippen LogP contribution in [-0.2, 0) is 11.2 Å². The lowest BCUT2D eigenvalue weighted by atomic mass is 10.1. The highest BCUT2D eigenvalue weighted by Gasteiger charge is 2.30. The minimum Gasteiger partial charge on any atom is -0.406 e. The van der Waals surface area contributed by atoms with E-state index in [0.29, 0.717) is 13.0 Å². The average molecular weight is 339 g/mol. The molecule has 2 rings (SSSR count). The number of ether oxygens (including phenoxy) is 1. The summed E-state index contributed by atoms with van der Waals surface area (Å²) in [6, 6.07) is 5.53. The first kappa shape index (κ1) is 18.6. The van der Waals surface area contributed by atoms with Gasteiger partial charge in [0.15, 0.2) is 0 Å². The zero-order chi connectivity index (χ0) is 15.3. The number of nitrogens with one attached hydrogen (secondary N) is 2. The van der Waals surface area contributed by atoms with Crippen molar-refractivity contribution in [3.05, 3.63) is 29.8 Å². The lowest BCUT2D eigenvalue weighted by Crippen LogP contribution is -2.41. The Kier molecular flexibility index (Phi) is 6.96. The molecule has 22 heavy (non-hydrogen) atoms. The summed E-state index contributed by atoms with van der Waals surface area (Å²) in [7, 11) is 0. The summed E-state index contributed by atoms with van der Waals surface area (Å²) in [5.41, 5.74) is 0.837. The van der Waals surface area contributed by atoms with Gasteiger partial charge in [-0.3, -0.25) is 4.79 Å². The Labute approximate surface area is 132 Å². The van der Waals surface area contributed by atoms with E-state index in [0.717, 1.165) is 24.9 Å². The van der Waals surface area contributed by atoms with Crippen molar-refractivity contribution in [2.24, 2.45) is 0 Å². The van der Waals surface area contributed by atoms with Crippen molar-refractivity contribution in [2.75, 3.05) is 13.1 Å². The van der Waals surface area contributed by atoms with Crippen LogP contribution in [0.25, 0.3) is 0 Å².